The number of amides is 1. The van der Waals surface area contributed by atoms with Gasteiger partial charge in [-0.05, 0) is 37.2 Å². The summed E-state index contributed by atoms with van der Waals surface area (Å²) in [4.78, 5) is 11.7. The first kappa shape index (κ1) is 20.3. The van der Waals surface area contributed by atoms with Gasteiger partial charge in [-0.3, -0.25) is 4.79 Å². The first-order valence-corrected chi connectivity index (χ1v) is 7.89. The highest BCUT2D eigenvalue weighted by Crippen LogP contribution is 2.30. The molecule has 2 aromatic rings. The molecule has 2 aromatic carbocycles. The van der Waals surface area contributed by atoms with Crippen molar-refractivity contribution >= 4 is 29.9 Å². The summed E-state index contributed by atoms with van der Waals surface area (Å²) in [6.07, 6.45) is 0. The molecule has 0 aliphatic heterocycles. The molecule has 2 N–H and O–H groups in total. The Hall–Kier alpha value is -1.75. The van der Waals surface area contributed by atoms with Gasteiger partial charge in [0.15, 0.2) is 6.61 Å². The zero-order valence-electron chi connectivity index (χ0n) is 13.7. The first-order chi connectivity index (χ1) is 11.1. The summed E-state index contributed by atoms with van der Waals surface area (Å²) in [5.74, 6) is 0.332. The highest BCUT2D eigenvalue weighted by molar-refractivity contribution is 6.32. The van der Waals surface area contributed by atoms with Crippen molar-refractivity contribution in [3.8, 4) is 16.9 Å². The molecule has 0 radical (unpaired) electrons. The van der Waals surface area contributed by atoms with Gasteiger partial charge in [0.25, 0.3) is 5.91 Å². The normalized spacial score (nSPS) is 11.3. The monoisotopic (exact) mass is 368 g/mol. The van der Waals surface area contributed by atoms with Crippen molar-refractivity contribution < 1.29 is 9.53 Å². The van der Waals surface area contributed by atoms with E-state index in [-0.39, 0.29) is 31.0 Å². The quantitative estimate of drug-likeness (QED) is 0.785. The summed E-state index contributed by atoms with van der Waals surface area (Å²) in [6, 6.07) is 15.7. The van der Waals surface area contributed by atoms with E-state index in [1.54, 1.807) is 6.07 Å². The second-order valence-corrected chi connectivity index (χ2v) is 5.70. The fraction of sp³-hybridized carbons (Fsp3) is 0.278. The summed E-state index contributed by atoms with van der Waals surface area (Å²) in [7, 11) is 1.85. The fourth-order valence-electron chi connectivity index (χ4n) is 1.99. The number of halogens is 2. The van der Waals surface area contributed by atoms with Crippen LogP contribution in [-0.2, 0) is 4.79 Å². The molecule has 0 aliphatic carbocycles. The minimum absolute atomic E-state index is 0. The molecular weight excluding hydrogens is 347 g/mol. The maximum absolute atomic E-state index is 11.7. The van der Waals surface area contributed by atoms with E-state index >= 15 is 0 Å². The molecule has 130 valence electrons. The van der Waals surface area contributed by atoms with E-state index in [0.717, 1.165) is 11.1 Å². The molecule has 2 rings (SSSR count). The zero-order chi connectivity index (χ0) is 16.7. The van der Waals surface area contributed by atoms with Crippen LogP contribution < -0.4 is 15.4 Å². The lowest BCUT2D eigenvalue weighted by Gasteiger charge is -2.13. The van der Waals surface area contributed by atoms with Crippen LogP contribution in [0, 0.1) is 0 Å². The van der Waals surface area contributed by atoms with Crippen LogP contribution in [-0.4, -0.2) is 32.1 Å². The molecule has 0 heterocycles. The van der Waals surface area contributed by atoms with E-state index in [4.69, 9.17) is 16.3 Å². The third-order valence-electron chi connectivity index (χ3n) is 3.50. The van der Waals surface area contributed by atoms with E-state index in [9.17, 15) is 4.79 Å². The van der Waals surface area contributed by atoms with Crippen LogP contribution in [0.1, 0.15) is 6.92 Å². The van der Waals surface area contributed by atoms with Crippen molar-refractivity contribution in [2.24, 2.45) is 0 Å². The Morgan fingerprint density at radius 2 is 1.88 bits per heavy atom. The van der Waals surface area contributed by atoms with E-state index in [2.05, 4.69) is 10.6 Å². The number of rotatable bonds is 7. The van der Waals surface area contributed by atoms with Crippen molar-refractivity contribution in [3.05, 3.63) is 53.6 Å². The van der Waals surface area contributed by atoms with Crippen LogP contribution in [0.4, 0.5) is 0 Å². The highest BCUT2D eigenvalue weighted by Gasteiger charge is 2.08. The highest BCUT2D eigenvalue weighted by atomic mass is 35.5. The number of hydrogen-bond donors (Lipinski definition) is 2. The molecule has 0 aromatic heterocycles. The second kappa shape index (κ2) is 10.2. The fourth-order valence-corrected chi connectivity index (χ4v) is 2.23. The lowest BCUT2D eigenvalue weighted by Crippen LogP contribution is -2.39. The van der Waals surface area contributed by atoms with Crippen LogP contribution in [0.2, 0.25) is 5.02 Å². The van der Waals surface area contributed by atoms with E-state index in [0.29, 0.717) is 17.3 Å². The van der Waals surface area contributed by atoms with E-state index in [1.807, 2.05) is 56.4 Å². The van der Waals surface area contributed by atoms with Crippen LogP contribution in [0.3, 0.4) is 0 Å². The number of carbonyl (C=O) groups is 1. The Labute approximate surface area is 154 Å². The van der Waals surface area contributed by atoms with Gasteiger partial charge >= 0.3 is 0 Å². The van der Waals surface area contributed by atoms with E-state index in [1.165, 1.54) is 0 Å². The maximum Gasteiger partial charge on any atom is 0.257 e. The van der Waals surface area contributed by atoms with Gasteiger partial charge < -0.3 is 15.4 Å². The Balaban J connectivity index is 0.00000288. The first-order valence-electron chi connectivity index (χ1n) is 7.52. The lowest BCUT2D eigenvalue weighted by molar-refractivity contribution is -0.123. The topological polar surface area (TPSA) is 50.4 Å². The zero-order valence-corrected chi connectivity index (χ0v) is 15.3. The van der Waals surface area contributed by atoms with Crippen molar-refractivity contribution in [1.29, 1.82) is 0 Å². The molecule has 0 aliphatic rings. The van der Waals surface area contributed by atoms with Crippen molar-refractivity contribution in [2.75, 3.05) is 20.2 Å². The van der Waals surface area contributed by atoms with Crippen LogP contribution in [0.25, 0.3) is 11.1 Å². The third-order valence-corrected chi connectivity index (χ3v) is 3.79. The predicted octanol–water partition coefficient (Wildman–Crippen LogP) is 3.53. The predicted molar refractivity (Wildman–Crippen MR) is 101 cm³/mol. The number of likely N-dealkylation sites (N-methyl/N-ethyl adjacent to an activating group) is 1. The van der Waals surface area contributed by atoms with Gasteiger partial charge in [-0.25, -0.2) is 0 Å². The lowest BCUT2D eigenvalue weighted by atomic mass is 10.1. The molecule has 0 spiro atoms. The smallest absolute Gasteiger partial charge is 0.257 e. The van der Waals surface area contributed by atoms with E-state index < -0.39 is 0 Å². The molecule has 0 bridgehead atoms. The number of ether oxygens (including phenoxy) is 1. The molecule has 1 unspecified atom stereocenters. The molecule has 6 heteroatoms. The van der Waals surface area contributed by atoms with Gasteiger partial charge in [-0.15, -0.1) is 12.4 Å². The maximum atomic E-state index is 11.7. The SMILES string of the molecule is CNC(C)CNC(=O)COc1ccc(-c2ccccc2)cc1Cl.Cl. The molecule has 0 fully saturated rings. The van der Waals surface area contributed by atoms with Crippen molar-refractivity contribution in [2.45, 2.75) is 13.0 Å². The van der Waals surface area contributed by atoms with Crippen LogP contribution >= 0.6 is 24.0 Å². The summed E-state index contributed by atoms with van der Waals surface area (Å²) in [5.41, 5.74) is 2.09. The van der Waals surface area contributed by atoms with Gasteiger partial charge in [0.1, 0.15) is 5.75 Å². The molecule has 1 amide bonds. The minimum Gasteiger partial charge on any atom is -0.482 e. The molecule has 0 saturated carbocycles. The average Bonchev–Trinajstić information content (AvgIpc) is 2.59. The average molecular weight is 369 g/mol. The van der Waals surface area contributed by atoms with Crippen molar-refractivity contribution in [1.82, 2.24) is 10.6 Å². The number of benzene rings is 2. The Morgan fingerprint density at radius 1 is 1.17 bits per heavy atom. The van der Waals surface area contributed by atoms with Gasteiger partial charge in [-0.1, -0.05) is 48.0 Å². The summed E-state index contributed by atoms with van der Waals surface area (Å²) in [5, 5.41) is 6.33. The molecule has 4 nitrogen and oxygen atoms in total. The van der Waals surface area contributed by atoms with Crippen LogP contribution in [0.5, 0.6) is 5.75 Å². The van der Waals surface area contributed by atoms with Gasteiger partial charge in [0.2, 0.25) is 0 Å². The Bertz CT molecular complexity index is 651. The third kappa shape index (κ3) is 6.04. The molecule has 1 atom stereocenters. The minimum atomic E-state index is -0.171. The van der Waals surface area contributed by atoms with Gasteiger partial charge in [-0.2, -0.15) is 0 Å². The molecule has 24 heavy (non-hydrogen) atoms. The number of hydrogen-bond acceptors (Lipinski definition) is 3. The summed E-state index contributed by atoms with van der Waals surface area (Å²) < 4.78 is 5.49. The summed E-state index contributed by atoms with van der Waals surface area (Å²) >= 11 is 6.25. The van der Waals surface area contributed by atoms with Crippen LogP contribution in [0.15, 0.2) is 48.5 Å². The second-order valence-electron chi connectivity index (χ2n) is 5.29. The molecular formula is C18H22Cl2N2O2. The number of carbonyl (C=O) groups excluding carboxylic acids is 1. The largest absolute Gasteiger partial charge is 0.482 e. The van der Waals surface area contributed by atoms with Crippen molar-refractivity contribution in [3.63, 3.8) is 0 Å². The molecule has 0 saturated heterocycles. The number of nitrogens with one attached hydrogen (secondary N) is 2. The Kier molecular flexibility index (Phi) is 8.61. The summed E-state index contributed by atoms with van der Waals surface area (Å²) in [6.45, 7) is 2.49. The Morgan fingerprint density at radius 3 is 2.50 bits per heavy atom. The van der Waals surface area contributed by atoms with Gasteiger partial charge in [0, 0.05) is 12.6 Å². The van der Waals surface area contributed by atoms with Gasteiger partial charge in [0.05, 0.1) is 5.02 Å². The standard InChI is InChI=1S/C18H21ClN2O2.ClH/c1-13(20-2)11-21-18(22)12-23-17-9-8-15(10-16(17)19)14-6-4-3-5-7-14;/h3-10,13,20H,11-12H2,1-2H3,(H,21,22);1H.